The van der Waals surface area contributed by atoms with Gasteiger partial charge in [0.05, 0.1) is 85.6 Å². The van der Waals surface area contributed by atoms with Gasteiger partial charge in [0.1, 0.15) is 24.8 Å². The summed E-state index contributed by atoms with van der Waals surface area (Å²) in [6, 6.07) is 25.8. The van der Waals surface area contributed by atoms with Crippen molar-refractivity contribution in [2.24, 2.45) is 11.8 Å². The minimum absolute atomic E-state index is 0.00342. The molecule has 0 spiro atoms. The Hall–Kier alpha value is -8.70. The van der Waals surface area contributed by atoms with Crippen LogP contribution in [0.25, 0.3) is 0 Å². The number of amides is 2. The van der Waals surface area contributed by atoms with E-state index in [0.717, 1.165) is 22.8 Å². The summed E-state index contributed by atoms with van der Waals surface area (Å²) in [5.74, 6) is -2.38. The molecule has 0 bridgehead atoms. The maximum absolute atomic E-state index is 14.2. The lowest BCUT2D eigenvalue weighted by atomic mass is 9.79. The lowest BCUT2D eigenvalue weighted by molar-refractivity contribution is -0.150. The summed E-state index contributed by atoms with van der Waals surface area (Å²) in [4.78, 5) is 79.8. The molecule has 0 saturated heterocycles. The van der Waals surface area contributed by atoms with Gasteiger partial charge < -0.3 is 60.3 Å². The van der Waals surface area contributed by atoms with Crippen LogP contribution in [0.3, 0.4) is 0 Å². The normalized spacial score (nSPS) is 11.3. The Bertz CT molecular complexity index is 3500. The van der Waals surface area contributed by atoms with Crippen molar-refractivity contribution in [2.45, 2.75) is 142 Å². The van der Waals surface area contributed by atoms with E-state index in [4.69, 9.17) is 9.47 Å². The standard InChI is InChI=1S/C66H84B4N14O16S2/c85-61(35-47-13-9-15-51(33-47)67(91)92)25-5-1-21-57-39-71-77-81(57)43-49(44-82-58(40-72-78-82)22-2-6-26-62(86)36-48-14-10-16-52(34-48)68(93)94)65(89)99-29-31-101-102-32-30-100-66(90)50(45-83-59(41-73-79-83)23-3-7-27-63(87)75-55-19-11-17-53(37-55)69(95)96)46-84-60(42-74-80-84)24-4-8-28-64(88)76-56-20-12-18-54(38-56)70(97)98/h9-20,33-34,37-42,49-50,91-98H,1-8,21-32,35-36,43-46H2,(H,75,87)(H,76,88). The summed E-state index contributed by atoms with van der Waals surface area (Å²) >= 11 is 0. The van der Waals surface area contributed by atoms with Crippen LogP contribution in [-0.2, 0) is 103 Å². The minimum Gasteiger partial charge on any atom is -0.464 e. The molecule has 0 unspecified atom stereocenters. The number of Topliss-reactive ketones (excluding diaryl/α,β-unsaturated/α-hetero) is 2. The van der Waals surface area contributed by atoms with E-state index in [2.05, 4.69) is 51.9 Å². The van der Waals surface area contributed by atoms with Crippen LogP contribution in [0, 0.1) is 11.8 Å². The summed E-state index contributed by atoms with van der Waals surface area (Å²) in [6.45, 7) is 0.389. The quantitative estimate of drug-likeness (QED) is 0.0106. The van der Waals surface area contributed by atoms with E-state index in [-0.39, 0.29) is 99.4 Å². The SMILES string of the molecule is O=C(CCCCc1cnnn1CC(Cn1nncc1CCCCC(=O)Cc1cccc(B(O)O)c1)C(=O)OCCSSCCOC(=O)C(Cn1nncc1CCCCC(=O)Nc1cccc(B(O)O)c1)Cn1nncc1CCCCC(=O)Nc1cccc(B(O)O)c1)Cc1cccc(B(O)O)c1. The number of ketones is 2. The highest BCUT2D eigenvalue weighted by molar-refractivity contribution is 8.76. The molecule has 102 heavy (non-hydrogen) atoms. The van der Waals surface area contributed by atoms with Gasteiger partial charge in [0.2, 0.25) is 11.8 Å². The molecule has 36 heteroatoms. The third-order valence-electron chi connectivity index (χ3n) is 16.6. The number of carbonyl (C=O) groups excluding carboxylic acids is 6. The molecule has 0 saturated carbocycles. The average molecular weight is 1440 g/mol. The highest BCUT2D eigenvalue weighted by Gasteiger charge is 2.28. The smallest absolute Gasteiger partial charge is 0.464 e. The van der Waals surface area contributed by atoms with Gasteiger partial charge in [-0.1, -0.05) is 115 Å². The summed E-state index contributed by atoms with van der Waals surface area (Å²) in [5.41, 5.74) is 6.29. The van der Waals surface area contributed by atoms with Crippen LogP contribution in [0.5, 0.6) is 0 Å². The first-order valence-electron chi connectivity index (χ1n) is 33.9. The first-order valence-corrected chi connectivity index (χ1v) is 36.3. The topological polar surface area (TPSA) is 430 Å². The van der Waals surface area contributed by atoms with Crippen molar-refractivity contribution < 1.29 is 78.4 Å². The number of benzene rings is 4. The van der Waals surface area contributed by atoms with Gasteiger partial charge in [0.25, 0.3) is 0 Å². The molecule has 8 aromatic rings. The second kappa shape index (κ2) is 42.0. The minimum atomic E-state index is -1.68. The van der Waals surface area contributed by atoms with Gasteiger partial charge in [-0.25, -0.2) is 18.7 Å². The Labute approximate surface area is 598 Å². The summed E-state index contributed by atoms with van der Waals surface area (Å²) < 4.78 is 18.4. The molecule has 538 valence electrons. The number of aryl methyl sites for hydroxylation is 4. The number of ether oxygens (including phenoxy) is 2. The molecule has 8 rings (SSSR count). The predicted molar refractivity (Wildman–Crippen MR) is 384 cm³/mol. The summed E-state index contributed by atoms with van der Waals surface area (Å²) in [7, 11) is -3.78. The second-order valence-electron chi connectivity index (χ2n) is 24.6. The number of carbonyl (C=O) groups is 6. The number of unbranched alkanes of at least 4 members (excludes halogenated alkanes) is 4. The van der Waals surface area contributed by atoms with E-state index in [1.54, 1.807) is 116 Å². The zero-order valence-electron chi connectivity index (χ0n) is 56.4. The number of aromatic nitrogens is 12. The van der Waals surface area contributed by atoms with E-state index < -0.39 is 52.2 Å². The van der Waals surface area contributed by atoms with Crippen LogP contribution in [0.4, 0.5) is 11.4 Å². The van der Waals surface area contributed by atoms with E-state index in [9.17, 15) is 69.0 Å². The Balaban J connectivity index is 0.833. The molecule has 30 nitrogen and oxygen atoms in total. The van der Waals surface area contributed by atoms with Gasteiger partial charge in [-0.2, -0.15) is 0 Å². The van der Waals surface area contributed by atoms with Crippen molar-refractivity contribution in [1.29, 1.82) is 0 Å². The van der Waals surface area contributed by atoms with Crippen molar-refractivity contribution >= 4 is 119 Å². The van der Waals surface area contributed by atoms with Crippen molar-refractivity contribution in [1.82, 2.24) is 60.0 Å². The third-order valence-corrected chi connectivity index (χ3v) is 19.0. The van der Waals surface area contributed by atoms with Gasteiger partial charge in [-0.3, -0.25) is 28.8 Å². The monoisotopic (exact) mass is 1440 g/mol. The number of rotatable bonds is 47. The lowest BCUT2D eigenvalue weighted by Gasteiger charge is -2.18. The fourth-order valence-electron chi connectivity index (χ4n) is 11.3. The Morgan fingerprint density at radius 3 is 1.03 bits per heavy atom. The van der Waals surface area contributed by atoms with Crippen LogP contribution in [-0.4, -0.2) is 189 Å². The van der Waals surface area contributed by atoms with Gasteiger partial charge in [-0.15, -0.1) is 20.4 Å². The van der Waals surface area contributed by atoms with Crippen LogP contribution >= 0.6 is 21.6 Å². The molecule has 4 heterocycles. The van der Waals surface area contributed by atoms with Gasteiger partial charge in [-0.05, 0) is 134 Å². The number of esters is 2. The highest BCUT2D eigenvalue weighted by Crippen LogP contribution is 2.23. The van der Waals surface area contributed by atoms with Crippen molar-refractivity contribution in [2.75, 3.05) is 35.4 Å². The second-order valence-corrected chi connectivity index (χ2v) is 27.3. The first-order chi connectivity index (χ1) is 49.3. The van der Waals surface area contributed by atoms with Crippen LogP contribution in [0.2, 0.25) is 0 Å². The van der Waals surface area contributed by atoms with E-state index in [1.165, 1.54) is 45.9 Å². The fraction of sp³-hybridized carbons (Fsp3) is 0.424. The molecular weight excluding hydrogens is 1350 g/mol. The molecule has 0 aliphatic rings. The van der Waals surface area contributed by atoms with E-state index in [0.29, 0.717) is 135 Å². The zero-order valence-corrected chi connectivity index (χ0v) is 58.1. The summed E-state index contributed by atoms with van der Waals surface area (Å²) in [5, 5.41) is 116. The Morgan fingerprint density at radius 2 is 0.706 bits per heavy atom. The number of nitrogens with zero attached hydrogens (tertiary/aromatic N) is 12. The molecule has 0 radical (unpaired) electrons. The van der Waals surface area contributed by atoms with Gasteiger partial charge in [0, 0.05) is 61.4 Å². The molecule has 10 N–H and O–H groups in total. The lowest BCUT2D eigenvalue weighted by Crippen LogP contribution is -2.30. The molecule has 2 amide bonds. The van der Waals surface area contributed by atoms with Crippen molar-refractivity contribution in [3.8, 4) is 0 Å². The third kappa shape index (κ3) is 26.9. The van der Waals surface area contributed by atoms with Crippen LogP contribution in [0.15, 0.2) is 122 Å². The zero-order chi connectivity index (χ0) is 72.6. The Morgan fingerprint density at radius 1 is 0.402 bits per heavy atom. The predicted octanol–water partition coefficient (Wildman–Crippen LogP) is 0.325. The number of hydrogen-bond donors (Lipinski definition) is 10. The molecular formula is C66H84B4N14O16S2. The number of anilines is 2. The molecule has 0 aliphatic heterocycles. The summed E-state index contributed by atoms with van der Waals surface area (Å²) in [6.07, 6.45) is 14.3. The van der Waals surface area contributed by atoms with E-state index >= 15 is 0 Å². The maximum Gasteiger partial charge on any atom is 0.488 e. The largest absolute Gasteiger partial charge is 0.488 e. The molecule has 0 atom stereocenters. The maximum atomic E-state index is 14.2. The fourth-order valence-corrected chi connectivity index (χ4v) is 12.9. The van der Waals surface area contributed by atoms with Gasteiger partial charge in [0.15, 0.2) is 0 Å². The highest BCUT2D eigenvalue weighted by atomic mass is 33.1. The number of nitrogens with one attached hydrogen (secondary N) is 2. The Kier molecular flexibility index (Phi) is 32.6. The van der Waals surface area contributed by atoms with Gasteiger partial charge >= 0.3 is 40.4 Å². The molecule has 4 aromatic carbocycles. The van der Waals surface area contributed by atoms with Crippen LogP contribution in [0.1, 0.15) is 111 Å². The van der Waals surface area contributed by atoms with E-state index in [1.807, 2.05) is 0 Å². The van der Waals surface area contributed by atoms with Crippen molar-refractivity contribution in [3.05, 3.63) is 156 Å². The van der Waals surface area contributed by atoms with Crippen LogP contribution < -0.4 is 32.5 Å². The molecule has 0 aliphatic carbocycles. The molecule has 4 aromatic heterocycles. The molecule has 0 fully saturated rings. The number of hydrogen-bond acceptors (Lipinski definition) is 26. The van der Waals surface area contributed by atoms with Crippen molar-refractivity contribution in [3.63, 3.8) is 0 Å². The average Bonchev–Trinajstić information content (AvgIpc) is 1.96. The first kappa shape index (κ1) is 79.0.